The Balaban J connectivity index is 2.34. The molecule has 1 aliphatic rings. The second kappa shape index (κ2) is 3.06. The first-order chi connectivity index (χ1) is 4.84. The van der Waals surface area contributed by atoms with Crippen molar-refractivity contribution in [1.82, 2.24) is 4.90 Å². The van der Waals surface area contributed by atoms with Crippen molar-refractivity contribution in [3.8, 4) is 0 Å². The molecule has 3 nitrogen and oxygen atoms in total. The number of carbonyl (C=O) groups excluding carboxylic acids is 1. The second-order valence-electron chi connectivity index (χ2n) is 1.93. The molecule has 0 N–H and O–H groups in total. The molecule has 1 heterocycles. The minimum atomic E-state index is -0.333. The molecule has 0 aromatic heterocycles. The minimum Gasteiger partial charge on any atom is -0.419 e. The third-order valence-electron chi connectivity index (χ3n) is 1.26. The monoisotopic (exact) mass is 139 g/mol. The Morgan fingerprint density at radius 1 is 1.60 bits per heavy atom. The van der Waals surface area contributed by atoms with Crippen LogP contribution >= 0.6 is 0 Å². The van der Waals surface area contributed by atoms with Gasteiger partial charge in [0.1, 0.15) is 0 Å². The van der Waals surface area contributed by atoms with Crippen LogP contribution in [0.4, 0.5) is 4.79 Å². The van der Waals surface area contributed by atoms with Crippen LogP contribution in [0.5, 0.6) is 0 Å². The molecule has 1 rings (SSSR count). The number of carbonyl (C=O) groups is 1. The second-order valence-corrected chi connectivity index (χ2v) is 1.93. The Hall–Kier alpha value is -1.25. The molecular formula is C7H9NO2. The Morgan fingerprint density at radius 2 is 2.20 bits per heavy atom. The summed E-state index contributed by atoms with van der Waals surface area (Å²) in [6, 6.07) is 0. The van der Waals surface area contributed by atoms with E-state index in [0.717, 1.165) is 6.26 Å². The SMILES string of the molecule is C=COC(=O)N1CC=CC1. The van der Waals surface area contributed by atoms with Crippen molar-refractivity contribution >= 4 is 6.09 Å². The van der Waals surface area contributed by atoms with Gasteiger partial charge in [-0.15, -0.1) is 0 Å². The van der Waals surface area contributed by atoms with Crippen molar-refractivity contribution in [3.05, 3.63) is 25.0 Å². The molecule has 0 aromatic carbocycles. The Kier molecular flexibility index (Phi) is 2.10. The van der Waals surface area contributed by atoms with Crippen LogP contribution < -0.4 is 0 Å². The van der Waals surface area contributed by atoms with Gasteiger partial charge in [0.05, 0.1) is 6.26 Å². The van der Waals surface area contributed by atoms with Crippen molar-refractivity contribution in [1.29, 1.82) is 0 Å². The molecule has 54 valence electrons. The maximum absolute atomic E-state index is 10.8. The highest BCUT2D eigenvalue weighted by atomic mass is 16.5. The lowest BCUT2D eigenvalue weighted by Crippen LogP contribution is -2.27. The van der Waals surface area contributed by atoms with E-state index in [2.05, 4.69) is 11.3 Å². The van der Waals surface area contributed by atoms with Crippen LogP contribution in [0.15, 0.2) is 25.0 Å². The molecule has 0 radical (unpaired) electrons. The summed E-state index contributed by atoms with van der Waals surface area (Å²) in [5.74, 6) is 0. The van der Waals surface area contributed by atoms with Gasteiger partial charge in [-0.2, -0.15) is 0 Å². The Labute approximate surface area is 59.6 Å². The summed E-state index contributed by atoms with van der Waals surface area (Å²) in [4.78, 5) is 12.4. The molecule has 3 heteroatoms. The summed E-state index contributed by atoms with van der Waals surface area (Å²) < 4.78 is 4.54. The number of nitrogens with zero attached hydrogens (tertiary/aromatic N) is 1. The van der Waals surface area contributed by atoms with Crippen molar-refractivity contribution in [2.24, 2.45) is 0 Å². The van der Waals surface area contributed by atoms with Gasteiger partial charge >= 0.3 is 6.09 Å². The summed E-state index contributed by atoms with van der Waals surface area (Å²) in [6.07, 6.45) is 4.65. The van der Waals surface area contributed by atoms with Gasteiger partial charge in [-0.1, -0.05) is 18.7 Å². The molecule has 1 amide bonds. The largest absolute Gasteiger partial charge is 0.419 e. The number of rotatable bonds is 1. The Morgan fingerprint density at radius 3 is 2.70 bits per heavy atom. The number of ether oxygens (including phenoxy) is 1. The number of amides is 1. The number of hydrogen-bond acceptors (Lipinski definition) is 2. The summed E-state index contributed by atoms with van der Waals surface area (Å²) in [5.41, 5.74) is 0. The average Bonchev–Trinajstić information content (AvgIpc) is 2.38. The van der Waals surface area contributed by atoms with E-state index in [0.29, 0.717) is 13.1 Å². The highest BCUT2D eigenvalue weighted by molar-refractivity contribution is 5.69. The van der Waals surface area contributed by atoms with Crippen molar-refractivity contribution in [3.63, 3.8) is 0 Å². The molecule has 0 saturated heterocycles. The van der Waals surface area contributed by atoms with Gasteiger partial charge in [0.2, 0.25) is 0 Å². The van der Waals surface area contributed by atoms with Gasteiger partial charge in [0, 0.05) is 13.1 Å². The molecule has 0 spiro atoms. The standard InChI is InChI=1S/C7H9NO2/c1-2-10-7(9)8-5-3-4-6-8/h2-4H,1,5-6H2. The van der Waals surface area contributed by atoms with Gasteiger partial charge in [0.25, 0.3) is 0 Å². The van der Waals surface area contributed by atoms with Crippen LogP contribution in [-0.4, -0.2) is 24.1 Å². The zero-order valence-electron chi connectivity index (χ0n) is 5.62. The van der Waals surface area contributed by atoms with E-state index in [1.54, 1.807) is 4.90 Å². The van der Waals surface area contributed by atoms with E-state index in [1.807, 2.05) is 12.2 Å². The molecular weight excluding hydrogens is 130 g/mol. The lowest BCUT2D eigenvalue weighted by molar-refractivity contribution is 0.149. The van der Waals surface area contributed by atoms with Crippen molar-refractivity contribution < 1.29 is 9.53 Å². The molecule has 0 aromatic rings. The molecule has 0 atom stereocenters. The predicted octanol–water partition coefficient (Wildman–Crippen LogP) is 1.14. The van der Waals surface area contributed by atoms with E-state index in [9.17, 15) is 4.79 Å². The van der Waals surface area contributed by atoms with Crippen molar-refractivity contribution in [2.45, 2.75) is 0 Å². The fraction of sp³-hybridized carbons (Fsp3) is 0.286. The highest BCUT2D eigenvalue weighted by Crippen LogP contribution is 2.00. The topological polar surface area (TPSA) is 29.5 Å². The van der Waals surface area contributed by atoms with Crippen LogP contribution in [0.3, 0.4) is 0 Å². The summed E-state index contributed by atoms with van der Waals surface area (Å²) in [7, 11) is 0. The molecule has 10 heavy (non-hydrogen) atoms. The van der Waals surface area contributed by atoms with E-state index in [-0.39, 0.29) is 6.09 Å². The fourth-order valence-electron chi connectivity index (χ4n) is 0.773. The molecule has 0 bridgehead atoms. The Bertz CT molecular complexity index is 166. The highest BCUT2D eigenvalue weighted by Gasteiger charge is 2.13. The van der Waals surface area contributed by atoms with Gasteiger partial charge in [0.15, 0.2) is 0 Å². The quantitative estimate of drug-likeness (QED) is 0.402. The molecule has 1 aliphatic heterocycles. The van der Waals surface area contributed by atoms with Crippen LogP contribution in [0, 0.1) is 0 Å². The molecule has 0 saturated carbocycles. The fourth-order valence-corrected chi connectivity index (χ4v) is 0.773. The van der Waals surface area contributed by atoms with E-state index >= 15 is 0 Å². The van der Waals surface area contributed by atoms with Gasteiger partial charge in [-0.25, -0.2) is 4.79 Å². The summed E-state index contributed by atoms with van der Waals surface area (Å²) >= 11 is 0. The van der Waals surface area contributed by atoms with Crippen LogP contribution in [0.2, 0.25) is 0 Å². The first-order valence-corrected chi connectivity index (χ1v) is 3.06. The normalized spacial score (nSPS) is 15.4. The maximum atomic E-state index is 10.8. The van der Waals surface area contributed by atoms with Crippen LogP contribution in [-0.2, 0) is 4.74 Å². The molecule has 0 unspecified atom stereocenters. The van der Waals surface area contributed by atoms with Gasteiger partial charge < -0.3 is 9.64 Å². The van der Waals surface area contributed by atoms with Gasteiger partial charge in [-0.3, -0.25) is 0 Å². The predicted molar refractivity (Wildman–Crippen MR) is 37.4 cm³/mol. The molecule has 0 fully saturated rings. The zero-order chi connectivity index (χ0) is 7.40. The van der Waals surface area contributed by atoms with Crippen LogP contribution in [0.1, 0.15) is 0 Å². The van der Waals surface area contributed by atoms with E-state index in [1.165, 1.54) is 0 Å². The summed E-state index contributed by atoms with van der Waals surface area (Å²) in [6.45, 7) is 4.57. The minimum absolute atomic E-state index is 0.333. The van der Waals surface area contributed by atoms with Crippen molar-refractivity contribution in [2.75, 3.05) is 13.1 Å². The lowest BCUT2D eigenvalue weighted by Gasteiger charge is -2.12. The summed E-state index contributed by atoms with van der Waals surface area (Å²) in [5, 5.41) is 0. The first-order valence-electron chi connectivity index (χ1n) is 3.06. The number of hydrogen-bond donors (Lipinski definition) is 0. The smallest absolute Gasteiger partial charge is 0.415 e. The third kappa shape index (κ3) is 1.37. The van der Waals surface area contributed by atoms with E-state index < -0.39 is 0 Å². The zero-order valence-corrected chi connectivity index (χ0v) is 5.62. The molecule has 0 aliphatic carbocycles. The third-order valence-corrected chi connectivity index (χ3v) is 1.26. The van der Waals surface area contributed by atoms with Gasteiger partial charge in [-0.05, 0) is 0 Å². The van der Waals surface area contributed by atoms with Crippen LogP contribution in [0.25, 0.3) is 0 Å². The maximum Gasteiger partial charge on any atom is 0.415 e. The van der Waals surface area contributed by atoms with E-state index in [4.69, 9.17) is 0 Å². The first kappa shape index (κ1) is 6.86. The lowest BCUT2D eigenvalue weighted by atomic mass is 10.6. The average molecular weight is 139 g/mol.